The van der Waals surface area contributed by atoms with Crippen LogP contribution < -0.4 is 0 Å². The van der Waals surface area contributed by atoms with Crippen LogP contribution in [0.2, 0.25) is 0 Å². The summed E-state index contributed by atoms with van der Waals surface area (Å²) in [4.78, 5) is 11.9. The minimum atomic E-state index is -0.668. The van der Waals surface area contributed by atoms with Crippen LogP contribution in [0.25, 0.3) is 0 Å². The van der Waals surface area contributed by atoms with Crippen LogP contribution in [0.4, 0.5) is 0 Å². The summed E-state index contributed by atoms with van der Waals surface area (Å²) in [6.07, 6.45) is 5.42. The molecule has 2 saturated heterocycles. The second kappa shape index (κ2) is 5.09. The van der Waals surface area contributed by atoms with E-state index >= 15 is 0 Å². The highest BCUT2D eigenvalue weighted by Gasteiger charge is 2.42. The highest BCUT2D eigenvalue weighted by atomic mass is 32.2. The molecule has 88 valence electrons. The van der Waals surface area contributed by atoms with Gasteiger partial charge in [0.1, 0.15) is 5.78 Å². The van der Waals surface area contributed by atoms with Crippen molar-refractivity contribution in [2.75, 3.05) is 0 Å². The van der Waals surface area contributed by atoms with Gasteiger partial charge in [-0.1, -0.05) is 0 Å². The molecule has 2 bridgehead atoms. The Kier molecular flexibility index (Phi) is 3.75. The highest BCUT2D eigenvalue weighted by Crippen LogP contribution is 2.39. The quantitative estimate of drug-likeness (QED) is 0.704. The van der Waals surface area contributed by atoms with Crippen LogP contribution in [0.15, 0.2) is 0 Å². The summed E-state index contributed by atoms with van der Waals surface area (Å²) in [6, 6.07) is 2.06. The Morgan fingerprint density at radius 1 is 1.31 bits per heavy atom. The zero-order chi connectivity index (χ0) is 11.5. The molecule has 0 aliphatic carbocycles. The molecule has 0 aromatic rings. The van der Waals surface area contributed by atoms with Crippen LogP contribution in [0, 0.1) is 17.2 Å². The summed E-state index contributed by atoms with van der Waals surface area (Å²) < 4.78 is 11.8. The molecule has 16 heavy (non-hydrogen) atoms. The van der Waals surface area contributed by atoms with E-state index in [1.165, 1.54) is 0 Å². The number of Topliss-reactive ketones (excluding diaryl/α,β-unsaturated/α-hetero) is 1. The Morgan fingerprint density at radius 2 is 1.94 bits per heavy atom. The second-order valence-electron chi connectivity index (χ2n) is 4.80. The summed E-state index contributed by atoms with van der Waals surface area (Å²) >= 11 is 0. The lowest BCUT2D eigenvalue weighted by Crippen LogP contribution is -2.32. The normalized spacial score (nSPS) is 36.9. The van der Waals surface area contributed by atoms with Crippen molar-refractivity contribution < 1.29 is 9.00 Å². The molecule has 2 rings (SSSR count). The summed E-state index contributed by atoms with van der Waals surface area (Å²) in [5.41, 5.74) is 0. The van der Waals surface area contributed by atoms with Crippen molar-refractivity contribution in [2.24, 2.45) is 5.92 Å². The van der Waals surface area contributed by atoms with Gasteiger partial charge in [-0.3, -0.25) is 9.00 Å². The van der Waals surface area contributed by atoms with Gasteiger partial charge in [0.15, 0.2) is 0 Å². The van der Waals surface area contributed by atoms with Gasteiger partial charge in [0.05, 0.1) is 6.07 Å². The predicted molar refractivity (Wildman–Crippen MR) is 62.1 cm³/mol. The number of hydrogen-bond donors (Lipinski definition) is 0. The lowest BCUT2D eigenvalue weighted by molar-refractivity contribution is -0.123. The number of fused-ring (bicyclic) bond motifs is 2. The molecule has 2 aliphatic rings. The maximum Gasteiger partial charge on any atom is 0.136 e. The topological polar surface area (TPSA) is 57.9 Å². The Hall–Kier alpha value is -0.690. The first-order valence-electron chi connectivity index (χ1n) is 6.01. The van der Waals surface area contributed by atoms with E-state index in [2.05, 4.69) is 6.07 Å². The number of rotatable bonds is 4. The third-order valence-electron chi connectivity index (χ3n) is 3.73. The van der Waals surface area contributed by atoms with Crippen LogP contribution in [0.5, 0.6) is 0 Å². The van der Waals surface area contributed by atoms with E-state index in [1.54, 1.807) is 0 Å². The monoisotopic (exact) mass is 239 g/mol. The van der Waals surface area contributed by atoms with Gasteiger partial charge in [-0.2, -0.15) is 5.26 Å². The van der Waals surface area contributed by atoms with Crippen LogP contribution in [0.1, 0.15) is 44.9 Å². The predicted octanol–water partition coefficient (Wildman–Crippen LogP) is 1.94. The average Bonchev–Trinajstić information content (AvgIpc) is 2.53. The molecule has 0 spiro atoms. The van der Waals surface area contributed by atoms with Crippen molar-refractivity contribution in [3.8, 4) is 6.07 Å². The molecule has 0 N–H and O–H groups in total. The fraction of sp³-hybridized carbons (Fsp3) is 0.833. The zero-order valence-corrected chi connectivity index (χ0v) is 10.2. The number of carbonyl (C=O) groups excluding carboxylic acids is 1. The van der Waals surface area contributed by atoms with Crippen LogP contribution in [-0.4, -0.2) is 20.5 Å². The molecule has 3 nitrogen and oxygen atoms in total. The molecule has 0 amide bonds. The Morgan fingerprint density at radius 3 is 2.50 bits per heavy atom. The van der Waals surface area contributed by atoms with Crippen molar-refractivity contribution in [2.45, 2.75) is 55.4 Å². The first-order valence-corrected chi connectivity index (χ1v) is 7.29. The minimum absolute atomic E-state index is 0.133. The molecule has 0 aromatic heterocycles. The number of nitrogens with zero attached hydrogens (tertiary/aromatic N) is 1. The molecular weight excluding hydrogens is 222 g/mol. The van der Waals surface area contributed by atoms with Gasteiger partial charge in [0, 0.05) is 40.1 Å². The lowest BCUT2D eigenvalue weighted by atomic mass is 9.92. The van der Waals surface area contributed by atoms with Gasteiger partial charge in [0.25, 0.3) is 0 Å². The van der Waals surface area contributed by atoms with E-state index in [-0.39, 0.29) is 16.4 Å². The molecule has 0 aromatic carbocycles. The Balaban J connectivity index is 1.86. The third-order valence-corrected chi connectivity index (χ3v) is 5.90. The fourth-order valence-corrected chi connectivity index (χ4v) is 4.97. The molecule has 4 heteroatoms. The summed E-state index contributed by atoms with van der Waals surface area (Å²) in [5, 5.41) is 8.98. The van der Waals surface area contributed by atoms with E-state index in [0.29, 0.717) is 25.0 Å². The molecule has 2 heterocycles. The van der Waals surface area contributed by atoms with Crippen molar-refractivity contribution in [3.05, 3.63) is 0 Å². The number of hydrogen-bond acceptors (Lipinski definition) is 3. The van der Waals surface area contributed by atoms with Gasteiger partial charge in [-0.25, -0.2) is 0 Å². The highest BCUT2D eigenvalue weighted by molar-refractivity contribution is 7.86. The van der Waals surface area contributed by atoms with E-state index in [4.69, 9.17) is 5.26 Å². The number of unbranched alkanes of at least 4 members (excludes halogenated alkanes) is 1. The summed E-state index contributed by atoms with van der Waals surface area (Å²) in [7, 11) is -0.668. The van der Waals surface area contributed by atoms with Gasteiger partial charge in [0.2, 0.25) is 0 Å². The first-order chi connectivity index (χ1) is 7.72. The van der Waals surface area contributed by atoms with Crippen LogP contribution >= 0.6 is 0 Å². The van der Waals surface area contributed by atoms with Crippen molar-refractivity contribution >= 4 is 16.6 Å². The second-order valence-corrected chi connectivity index (χ2v) is 6.79. The fourth-order valence-electron chi connectivity index (χ4n) is 2.84. The largest absolute Gasteiger partial charge is 0.299 e. The van der Waals surface area contributed by atoms with Crippen molar-refractivity contribution in [1.82, 2.24) is 0 Å². The molecule has 0 saturated carbocycles. The zero-order valence-electron chi connectivity index (χ0n) is 9.35. The lowest BCUT2D eigenvalue weighted by Gasteiger charge is -2.26. The summed E-state index contributed by atoms with van der Waals surface area (Å²) in [6.45, 7) is 0. The third kappa shape index (κ3) is 2.35. The van der Waals surface area contributed by atoms with E-state index in [9.17, 15) is 9.00 Å². The van der Waals surface area contributed by atoms with E-state index in [0.717, 1.165) is 25.7 Å². The Bertz CT molecular complexity index is 331. The van der Waals surface area contributed by atoms with Gasteiger partial charge >= 0.3 is 0 Å². The van der Waals surface area contributed by atoms with Crippen LogP contribution in [-0.2, 0) is 15.6 Å². The number of ketones is 1. The molecule has 2 unspecified atom stereocenters. The minimum Gasteiger partial charge on any atom is -0.299 e. The number of carbonyl (C=O) groups is 1. The smallest absolute Gasteiger partial charge is 0.136 e. The number of nitriles is 1. The molecule has 0 radical (unpaired) electrons. The standard InChI is InChI=1S/C12H17NO2S/c13-6-2-1-3-12(14)9-7-10-4-5-11(8-9)16(10)15/h9-11H,1-5,7-8H2. The molecular formula is C12H17NO2S. The molecule has 2 atom stereocenters. The van der Waals surface area contributed by atoms with Crippen molar-refractivity contribution in [3.63, 3.8) is 0 Å². The molecule has 2 aliphatic heterocycles. The van der Waals surface area contributed by atoms with E-state index < -0.39 is 10.8 Å². The Labute approximate surface area is 98.7 Å². The van der Waals surface area contributed by atoms with Gasteiger partial charge in [-0.05, 0) is 32.1 Å². The van der Waals surface area contributed by atoms with Crippen LogP contribution in [0.3, 0.4) is 0 Å². The maximum absolute atomic E-state index is 11.9. The van der Waals surface area contributed by atoms with Crippen molar-refractivity contribution in [1.29, 1.82) is 5.26 Å². The average molecular weight is 239 g/mol. The maximum atomic E-state index is 11.9. The van der Waals surface area contributed by atoms with Gasteiger partial charge < -0.3 is 0 Å². The molecule has 2 fully saturated rings. The SMILES string of the molecule is N#CCCCC(=O)C1CC2CCC(C1)S2=O. The van der Waals surface area contributed by atoms with Gasteiger partial charge in [-0.15, -0.1) is 0 Å². The van der Waals surface area contributed by atoms with E-state index in [1.807, 2.05) is 0 Å². The first kappa shape index (κ1) is 11.8. The summed E-state index contributed by atoms with van der Waals surface area (Å²) in [5.74, 6) is 0.428.